The molecule has 1 aromatic heterocycles. The summed E-state index contributed by atoms with van der Waals surface area (Å²) < 4.78 is 6.43. The van der Waals surface area contributed by atoms with Gasteiger partial charge in [0.2, 0.25) is 11.8 Å². The average molecular weight is 582 g/mol. The molecule has 4 aromatic rings. The highest BCUT2D eigenvalue weighted by atomic mass is 35.5. The summed E-state index contributed by atoms with van der Waals surface area (Å²) in [7, 11) is 0. The van der Waals surface area contributed by atoms with E-state index in [9.17, 15) is 9.59 Å². The zero-order valence-corrected chi connectivity index (χ0v) is 23.8. The van der Waals surface area contributed by atoms with Crippen molar-refractivity contribution in [2.45, 2.75) is 37.6 Å². The molecule has 2 aliphatic heterocycles. The molecule has 0 bridgehead atoms. The van der Waals surface area contributed by atoms with Gasteiger partial charge in [0.1, 0.15) is 16.9 Å². The number of pyridine rings is 1. The van der Waals surface area contributed by atoms with Gasteiger partial charge in [-0.25, -0.2) is 0 Å². The number of carbonyl (C=O) groups excluding carboxylic acids is 2. The minimum Gasteiger partial charge on any atom is -0.457 e. The fraction of sp³-hybridized carbons (Fsp3) is 0.182. The Bertz CT molecular complexity index is 1760. The number of nitrogens with one attached hydrogen (secondary N) is 2. The Morgan fingerprint density at radius 1 is 0.976 bits per heavy atom. The average Bonchev–Trinajstić information content (AvgIpc) is 3.20. The molecule has 3 aromatic carbocycles. The third-order valence-corrected chi connectivity index (χ3v) is 8.24. The number of fused-ring (bicyclic) bond motifs is 2. The van der Waals surface area contributed by atoms with Gasteiger partial charge in [0.25, 0.3) is 0 Å². The number of hydrogen-bond acceptors (Lipinski definition) is 4. The van der Waals surface area contributed by atoms with Gasteiger partial charge in [0.15, 0.2) is 0 Å². The van der Waals surface area contributed by atoms with E-state index in [1.807, 2.05) is 50.2 Å². The first-order valence-corrected chi connectivity index (χ1v) is 13.8. The van der Waals surface area contributed by atoms with Crippen LogP contribution in [0.25, 0.3) is 0 Å². The van der Waals surface area contributed by atoms with Gasteiger partial charge < -0.3 is 15.4 Å². The fourth-order valence-corrected chi connectivity index (χ4v) is 6.58. The number of hydrogen-bond donors (Lipinski definition) is 2. The van der Waals surface area contributed by atoms with Crippen molar-refractivity contribution in [3.05, 3.63) is 116 Å². The van der Waals surface area contributed by atoms with E-state index in [1.54, 1.807) is 36.4 Å². The number of carbonyl (C=O) groups is 2. The van der Waals surface area contributed by atoms with Crippen LogP contribution in [0, 0.1) is 26.2 Å². The summed E-state index contributed by atoms with van der Waals surface area (Å²) in [6, 6.07) is 20.8. The third-order valence-electron chi connectivity index (χ3n) is 7.77. The maximum absolute atomic E-state index is 14.4. The lowest BCUT2D eigenvalue weighted by Gasteiger charge is -2.46. The molecule has 6 nitrogen and oxygen atoms in total. The van der Waals surface area contributed by atoms with Gasteiger partial charge in [-0.3, -0.25) is 14.6 Å². The van der Waals surface area contributed by atoms with Crippen LogP contribution in [0.15, 0.2) is 72.8 Å². The quantitative estimate of drug-likeness (QED) is 0.254. The first-order valence-electron chi connectivity index (χ1n) is 13.1. The first kappa shape index (κ1) is 26.9. The summed E-state index contributed by atoms with van der Waals surface area (Å²) in [6.07, 6.45) is 5.89. The molecule has 41 heavy (non-hydrogen) atoms. The van der Waals surface area contributed by atoms with E-state index < -0.39 is 17.4 Å². The third kappa shape index (κ3) is 4.61. The molecule has 3 heterocycles. The van der Waals surface area contributed by atoms with Crippen molar-refractivity contribution >= 4 is 40.7 Å². The molecule has 3 atom stereocenters. The van der Waals surface area contributed by atoms with Gasteiger partial charge in [-0.1, -0.05) is 47.3 Å². The normalized spacial score (nSPS) is 21.1. The topological polar surface area (TPSA) is 80.3 Å². The summed E-state index contributed by atoms with van der Waals surface area (Å²) in [6.45, 7) is 3.78. The SMILES string of the molecule is C#Cc1ccc(Oc2cc(C)nc(C)c2)c([C@H]2NC(=O)C[C@@H](c3cccc(Cl)c3)C23C(=O)Nc2cc(Cl)ccc23)c1. The van der Waals surface area contributed by atoms with Gasteiger partial charge in [-0.05, 0) is 67.4 Å². The maximum atomic E-state index is 14.4. The van der Waals surface area contributed by atoms with Crippen LogP contribution in [0.2, 0.25) is 10.0 Å². The van der Waals surface area contributed by atoms with E-state index in [-0.39, 0.29) is 18.2 Å². The summed E-state index contributed by atoms with van der Waals surface area (Å²) in [5, 5.41) is 7.18. The fourth-order valence-electron chi connectivity index (χ4n) is 6.21. The van der Waals surface area contributed by atoms with Gasteiger partial charge >= 0.3 is 0 Å². The Hall–Kier alpha value is -4.31. The van der Waals surface area contributed by atoms with E-state index in [1.165, 1.54) is 0 Å². The maximum Gasteiger partial charge on any atom is 0.238 e. The largest absolute Gasteiger partial charge is 0.457 e. The highest BCUT2D eigenvalue weighted by Gasteiger charge is 2.61. The van der Waals surface area contributed by atoms with Crippen LogP contribution < -0.4 is 15.4 Å². The van der Waals surface area contributed by atoms with E-state index in [4.69, 9.17) is 34.4 Å². The number of halogens is 2. The number of amides is 2. The van der Waals surface area contributed by atoms with E-state index in [0.717, 1.165) is 22.5 Å². The second-order valence-corrected chi connectivity index (χ2v) is 11.3. The first-order chi connectivity index (χ1) is 19.7. The standard InChI is InChI=1S/C33H25Cl2N3O3/c1-4-20-8-11-29(41-24-12-18(2)36-19(3)13-24)25(14-20)31-33(26-10-9-23(35)16-28(26)37-32(33)40)27(17-30(39)38-31)21-6-5-7-22(34)15-21/h1,5-16,27,31H,17H2,2-3H3,(H,37,40)(H,38,39)/t27-,31+,33?/m0/s1. The summed E-state index contributed by atoms with van der Waals surface area (Å²) in [5.74, 6) is 2.68. The Morgan fingerprint density at radius 2 is 1.73 bits per heavy atom. The van der Waals surface area contributed by atoms with Crippen molar-refractivity contribution in [2.75, 3.05) is 5.32 Å². The number of piperidine rings is 1. The second kappa shape index (κ2) is 10.3. The van der Waals surface area contributed by atoms with Crippen LogP contribution in [0.4, 0.5) is 5.69 Å². The number of aromatic nitrogens is 1. The van der Waals surface area contributed by atoms with Crippen molar-refractivity contribution in [3.63, 3.8) is 0 Å². The summed E-state index contributed by atoms with van der Waals surface area (Å²) in [5.41, 5.74) is 3.56. The lowest BCUT2D eigenvalue weighted by atomic mass is 9.59. The predicted molar refractivity (Wildman–Crippen MR) is 160 cm³/mol. The van der Waals surface area contributed by atoms with Crippen LogP contribution in [0.5, 0.6) is 11.5 Å². The highest BCUT2D eigenvalue weighted by Crippen LogP contribution is 2.58. The van der Waals surface area contributed by atoms with Gasteiger partial charge in [0.05, 0.1) is 6.04 Å². The number of terminal acetylenes is 1. The zero-order chi connectivity index (χ0) is 28.9. The molecule has 1 saturated heterocycles. The van der Waals surface area contributed by atoms with Gasteiger partial charge in [-0.2, -0.15) is 0 Å². The molecule has 2 amide bonds. The molecule has 8 heteroatoms. The Morgan fingerprint density at radius 3 is 2.46 bits per heavy atom. The van der Waals surface area contributed by atoms with Crippen LogP contribution >= 0.6 is 23.2 Å². The minimum atomic E-state index is -1.27. The minimum absolute atomic E-state index is 0.0695. The molecule has 1 fully saturated rings. The molecule has 0 aliphatic carbocycles. The molecule has 204 valence electrons. The predicted octanol–water partition coefficient (Wildman–Crippen LogP) is 7.01. The molecular formula is C33H25Cl2N3O3. The monoisotopic (exact) mass is 581 g/mol. The van der Waals surface area contributed by atoms with Crippen LogP contribution in [0.1, 0.15) is 52.0 Å². The molecular weight excluding hydrogens is 557 g/mol. The summed E-state index contributed by atoms with van der Waals surface area (Å²) in [4.78, 5) is 32.3. The Balaban J connectivity index is 1.62. The molecule has 0 saturated carbocycles. The molecule has 6 rings (SSSR count). The zero-order valence-electron chi connectivity index (χ0n) is 22.3. The molecule has 1 unspecified atom stereocenters. The number of ether oxygens (including phenoxy) is 1. The molecule has 0 radical (unpaired) electrons. The number of benzene rings is 3. The molecule has 2 aliphatic rings. The summed E-state index contributed by atoms with van der Waals surface area (Å²) >= 11 is 12.8. The van der Waals surface area contributed by atoms with Gasteiger partial charge in [0, 0.05) is 62.7 Å². The number of anilines is 1. The van der Waals surface area contributed by atoms with Gasteiger partial charge in [-0.15, -0.1) is 6.42 Å². The van der Waals surface area contributed by atoms with Crippen molar-refractivity contribution in [3.8, 4) is 23.8 Å². The molecule has 1 spiro atoms. The Labute approximate surface area is 248 Å². The smallest absolute Gasteiger partial charge is 0.238 e. The molecule has 2 N–H and O–H groups in total. The van der Waals surface area contributed by atoms with Crippen LogP contribution in [0.3, 0.4) is 0 Å². The lowest BCUT2D eigenvalue weighted by Crippen LogP contribution is -2.56. The van der Waals surface area contributed by atoms with Crippen molar-refractivity contribution in [1.29, 1.82) is 0 Å². The Kier molecular flexibility index (Phi) is 6.73. The van der Waals surface area contributed by atoms with E-state index >= 15 is 0 Å². The van der Waals surface area contributed by atoms with Crippen molar-refractivity contribution in [2.24, 2.45) is 0 Å². The van der Waals surface area contributed by atoms with Crippen LogP contribution in [-0.2, 0) is 15.0 Å². The number of rotatable bonds is 4. The van der Waals surface area contributed by atoms with Crippen molar-refractivity contribution < 1.29 is 14.3 Å². The van der Waals surface area contributed by atoms with Crippen molar-refractivity contribution in [1.82, 2.24) is 10.3 Å². The van der Waals surface area contributed by atoms with E-state index in [2.05, 4.69) is 21.5 Å². The highest BCUT2D eigenvalue weighted by molar-refractivity contribution is 6.31. The van der Waals surface area contributed by atoms with E-state index in [0.29, 0.717) is 38.4 Å². The lowest BCUT2D eigenvalue weighted by molar-refractivity contribution is -0.131. The number of nitrogens with zero attached hydrogens (tertiary/aromatic N) is 1. The number of aryl methyl sites for hydroxylation is 2. The van der Waals surface area contributed by atoms with Crippen LogP contribution in [-0.4, -0.2) is 16.8 Å². The second-order valence-electron chi connectivity index (χ2n) is 10.4.